The Kier molecular flexibility index (Phi) is 3.88. The van der Waals surface area contributed by atoms with Crippen molar-refractivity contribution in [1.82, 2.24) is 14.7 Å². The number of rotatable bonds is 5. The molecule has 0 fully saturated rings. The minimum Gasteiger partial charge on any atom is -0.476 e. The Balaban J connectivity index is 2.23. The van der Waals surface area contributed by atoms with Crippen molar-refractivity contribution >= 4 is 23.3 Å². The number of nitrogens with zero attached hydrogens (tertiary/aromatic N) is 2. The fourth-order valence-corrected chi connectivity index (χ4v) is 1.86. The summed E-state index contributed by atoms with van der Waals surface area (Å²) in [5.41, 5.74) is 0.523. The molecular formula is C13H16N4O3. The summed E-state index contributed by atoms with van der Waals surface area (Å²) in [6.07, 6.45) is 1.62. The third kappa shape index (κ3) is 2.87. The van der Waals surface area contributed by atoms with Crippen molar-refractivity contribution < 1.29 is 14.7 Å². The van der Waals surface area contributed by atoms with Crippen molar-refractivity contribution in [2.24, 2.45) is 0 Å². The molecule has 1 amide bonds. The van der Waals surface area contributed by atoms with Gasteiger partial charge in [-0.1, -0.05) is 6.07 Å². The number of carboxylic acid groups (broad SMARTS) is 1. The van der Waals surface area contributed by atoms with Gasteiger partial charge in [-0.05, 0) is 26.0 Å². The van der Waals surface area contributed by atoms with Crippen LogP contribution < -0.4 is 10.6 Å². The fraction of sp³-hybridized carbons (Fsp3) is 0.308. The van der Waals surface area contributed by atoms with Gasteiger partial charge in [-0.25, -0.2) is 9.78 Å². The summed E-state index contributed by atoms with van der Waals surface area (Å²) in [6, 6.07) is 5.22. The third-order valence-electron chi connectivity index (χ3n) is 2.60. The summed E-state index contributed by atoms with van der Waals surface area (Å²) >= 11 is 0. The number of nitrogens with one attached hydrogen (secondary N) is 2. The number of fused-ring (bicyclic) bond motifs is 1. The molecule has 0 aliphatic rings. The number of amides is 1. The average Bonchev–Trinajstić information content (AvgIpc) is 2.73. The SMILES string of the molecule is CC(C)NC(=O)CNc1nc2ccccn2c1C(=O)O. The van der Waals surface area contributed by atoms with Crippen LogP contribution in [0.2, 0.25) is 0 Å². The van der Waals surface area contributed by atoms with Crippen LogP contribution in [-0.2, 0) is 4.79 Å². The van der Waals surface area contributed by atoms with Crippen LogP contribution in [0.3, 0.4) is 0 Å². The van der Waals surface area contributed by atoms with Crippen LogP contribution in [0, 0.1) is 0 Å². The molecule has 0 radical (unpaired) electrons. The van der Waals surface area contributed by atoms with E-state index < -0.39 is 5.97 Å². The van der Waals surface area contributed by atoms with Crippen molar-refractivity contribution in [1.29, 1.82) is 0 Å². The molecule has 106 valence electrons. The maximum atomic E-state index is 11.6. The zero-order valence-electron chi connectivity index (χ0n) is 11.3. The number of pyridine rings is 1. The predicted molar refractivity (Wildman–Crippen MR) is 73.9 cm³/mol. The van der Waals surface area contributed by atoms with E-state index in [1.54, 1.807) is 24.4 Å². The van der Waals surface area contributed by atoms with Crippen LogP contribution in [-0.4, -0.2) is 39.0 Å². The number of aromatic nitrogens is 2. The Hall–Kier alpha value is -2.57. The van der Waals surface area contributed by atoms with Crippen molar-refractivity contribution in [3.63, 3.8) is 0 Å². The lowest BCUT2D eigenvalue weighted by molar-refractivity contribution is -0.119. The van der Waals surface area contributed by atoms with E-state index in [1.807, 2.05) is 13.8 Å². The topological polar surface area (TPSA) is 95.7 Å². The summed E-state index contributed by atoms with van der Waals surface area (Å²) in [4.78, 5) is 27.1. The van der Waals surface area contributed by atoms with Gasteiger partial charge in [0.05, 0.1) is 6.54 Å². The van der Waals surface area contributed by atoms with Crippen LogP contribution >= 0.6 is 0 Å². The molecule has 0 atom stereocenters. The maximum Gasteiger partial charge on any atom is 0.356 e. The number of aromatic carboxylic acids is 1. The number of hydrogen-bond acceptors (Lipinski definition) is 4. The lowest BCUT2D eigenvalue weighted by Crippen LogP contribution is -2.35. The van der Waals surface area contributed by atoms with Crippen LogP contribution in [0.15, 0.2) is 24.4 Å². The zero-order chi connectivity index (χ0) is 14.7. The lowest BCUT2D eigenvalue weighted by atomic mass is 10.3. The highest BCUT2D eigenvalue weighted by Crippen LogP contribution is 2.17. The van der Waals surface area contributed by atoms with Gasteiger partial charge in [0.2, 0.25) is 5.91 Å². The van der Waals surface area contributed by atoms with E-state index in [-0.39, 0.29) is 30.0 Å². The van der Waals surface area contributed by atoms with Gasteiger partial charge in [0, 0.05) is 12.2 Å². The lowest BCUT2D eigenvalue weighted by Gasteiger charge is -2.09. The normalized spacial score (nSPS) is 10.8. The number of carbonyl (C=O) groups excluding carboxylic acids is 1. The highest BCUT2D eigenvalue weighted by atomic mass is 16.4. The molecule has 0 bridgehead atoms. The molecule has 0 aliphatic carbocycles. The molecule has 20 heavy (non-hydrogen) atoms. The van der Waals surface area contributed by atoms with E-state index in [0.29, 0.717) is 5.65 Å². The molecule has 2 heterocycles. The number of hydrogen-bond donors (Lipinski definition) is 3. The second-order valence-electron chi connectivity index (χ2n) is 4.62. The second kappa shape index (κ2) is 5.60. The third-order valence-corrected chi connectivity index (χ3v) is 2.60. The summed E-state index contributed by atoms with van der Waals surface area (Å²) < 4.78 is 1.46. The van der Waals surface area contributed by atoms with Crippen molar-refractivity contribution in [3.8, 4) is 0 Å². The number of anilines is 1. The minimum atomic E-state index is -1.10. The molecule has 0 aromatic carbocycles. The Morgan fingerprint density at radius 1 is 1.40 bits per heavy atom. The van der Waals surface area contributed by atoms with Gasteiger partial charge < -0.3 is 15.7 Å². The minimum absolute atomic E-state index is 0.0120. The van der Waals surface area contributed by atoms with Gasteiger partial charge in [0.15, 0.2) is 11.5 Å². The van der Waals surface area contributed by atoms with Crippen LogP contribution in [0.4, 0.5) is 5.82 Å². The quantitative estimate of drug-likeness (QED) is 0.756. The van der Waals surface area contributed by atoms with E-state index in [2.05, 4.69) is 15.6 Å². The average molecular weight is 276 g/mol. The number of carboxylic acids is 1. The molecule has 0 spiro atoms. The number of carbonyl (C=O) groups is 2. The molecule has 3 N–H and O–H groups in total. The van der Waals surface area contributed by atoms with Crippen LogP contribution in [0.25, 0.3) is 5.65 Å². The second-order valence-corrected chi connectivity index (χ2v) is 4.62. The molecule has 2 aromatic rings. The van der Waals surface area contributed by atoms with Gasteiger partial charge in [0.25, 0.3) is 0 Å². The molecule has 0 saturated heterocycles. The summed E-state index contributed by atoms with van der Waals surface area (Å²) in [6.45, 7) is 3.68. The monoisotopic (exact) mass is 276 g/mol. The van der Waals surface area contributed by atoms with E-state index in [1.165, 1.54) is 4.40 Å². The first-order valence-electron chi connectivity index (χ1n) is 6.22. The van der Waals surface area contributed by atoms with Crippen LogP contribution in [0.1, 0.15) is 24.3 Å². The van der Waals surface area contributed by atoms with E-state index in [0.717, 1.165) is 0 Å². The molecule has 7 nitrogen and oxygen atoms in total. The van der Waals surface area contributed by atoms with Gasteiger partial charge in [0.1, 0.15) is 5.65 Å². The molecule has 0 saturated carbocycles. The molecular weight excluding hydrogens is 260 g/mol. The van der Waals surface area contributed by atoms with E-state index in [4.69, 9.17) is 0 Å². The van der Waals surface area contributed by atoms with Gasteiger partial charge in [-0.3, -0.25) is 9.20 Å². The first kappa shape index (κ1) is 13.9. The first-order valence-corrected chi connectivity index (χ1v) is 6.22. The molecule has 2 aromatic heterocycles. The summed E-state index contributed by atoms with van der Waals surface area (Å²) in [5, 5.41) is 14.7. The Morgan fingerprint density at radius 3 is 2.80 bits per heavy atom. The molecule has 7 heteroatoms. The van der Waals surface area contributed by atoms with Gasteiger partial charge >= 0.3 is 5.97 Å². The highest BCUT2D eigenvalue weighted by molar-refractivity contribution is 5.93. The van der Waals surface area contributed by atoms with Crippen molar-refractivity contribution in [3.05, 3.63) is 30.1 Å². The van der Waals surface area contributed by atoms with Gasteiger partial charge in [-0.15, -0.1) is 0 Å². The van der Waals surface area contributed by atoms with Gasteiger partial charge in [-0.2, -0.15) is 0 Å². The molecule has 2 rings (SSSR count). The fourth-order valence-electron chi connectivity index (χ4n) is 1.86. The zero-order valence-corrected chi connectivity index (χ0v) is 11.3. The van der Waals surface area contributed by atoms with Crippen molar-refractivity contribution in [2.45, 2.75) is 19.9 Å². The van der Waals surface area contributed by atoms with E-state index >= 15 is 0 Å². The van der Waals surface area contributed by atoms with E-state index in [9.17, 15) is 14.7 Å². The first-order chi connectivity index (χ1) is 9.49. The summed E-state index contributed by atoms with van der Waals surface area (Å²) in [7, 11) is 0. The Labute approximate surface area is 115 Å². The standard InChI is InChI=1S/C13H16N4O3/c1-8(2)15-10(18)7-14-12-11(13(19)20)17-6-4-3-5-9(17)16-12/h3-6,8,14H,7H2,1-2H3,(H,15,18)(H,19,20). The van der Waals surface area contributed by atoms with Crippen molar-refractivity contribution in [2.75, 3.05) is 11.9 Å². The largest absolute Gasteiger partial charge is 0.476 e. The molecule has 0 unspecified atom stereocenters. The predicted octanol–water partition coefficient (Wildman–Crippen LogP) is 0.969. The highest BCUT2D eigenvalue weighted by Gasteiger charge is 2.18. The number of imidazole rings is 1. The Bertz CT molecular complexity index is 648. The smallest absolute Gasteiger partial charge is 0.356 e. The Morgan fingerprint density at radius 2 is 2.15 bits per heavy atom. The van der Waals surface area contributed by atoms with Crippen LogP contribution in [0.5, 0.6) is 0 Å². The maximum absolute atomic E-state index is 11.6. The molecule has 0 aliphatic heterocycles. The summed E-state index contributed by atoms with van der Waals surface area (Å²) in [5.74, 6) is -1.13.